The van der Waals surface area contributed by atoms with E-state index in [1.807, 2.05) is 11.1 Å². The molecule has 3 nitrogen and oxygen atoms in total. The fourth-order valence-corrected chi connectivity index (χ4v) is 3.62. The highest BCUT2D eigenvalue weighted by atomic mass is 16.3. The van der Waals surface area contributed by atoms with Crippen molar-refractivity contribution in [1.29, 1.82) is 0 Å². The Labute approximate surface area is 157 Å². The van der Waals surface area contributed by atoms with E-state index in [-0.39, 0.29) is 6.73 Å². The largest absolute Gasteiger partial charge is 0.376 e. The molecule has 0 aromatic carbocycles. The minimum absolute atomic E-state index is 0.131. The molecule has 0 atom stereocenters. The van der Waals surface area contributed by atoms with Crippen molar-refractivity contribution in [2.45, 2.75) is 110 Å². The van der Waals surface area contributed by atoms with Crippen LogP contribution in [0, 0.1) is 0 Å². The maximum atomic E-state index is 9.04. The summed E-state index contributed by atoms with van der Waals surface area (Å²) in [6.07, 6.45) is 26.8. The fourth-order valence-electron chi connectivity index (χ4n) is 3.62. The molecule has 0 unspecified atom stereocenters. The van der Waals surface area contributed by atoms with Crippen LogP contribution in [0.3, 0.4) is 0 Å². The lowest BCUT2D eigenvalue weighted by Gasteiger charge is -2.19. The molecule has 3 heteroatoms. The molecule has 1 heterocycles. The van der Waals surface area contributed by atoms with Gasteiger partial charge in [-0.05, 0) is 6.42 Å². The maximum absolute atomic E-state index is 9.04. The SMILES string of the molecule is CCCCCCCCCCCCCCCCCCN1C=CN(CO)C1. The van der Waals surface area contributed by atoms with Crippen LogP contribution in [0.5, 0.6) is 0 Å². The third-order valence-electron chi connectivity index (χ3n) is 5.33. The topological polar surface area (TPSA) is 26.7 Å². The predicted molar refractivity (Wildman–Crippen MR) is 109 cm³/mol. The Bertz CT molecular complexity index is 306. The average Bonchev–Trinajstić information content (AvgIpc) is 3.09. The molecule has 0 fully saturated rings. The van der Waals surface area contributed by atoms with Gasteiger partial charge in [0.05, 0.1) is 6.67 Å². The Morgan fingerprint density at radius 1 is 0.600 bits per heavy atom. The lowest BCUT2D eigenvalue weighted by molar-refractivity contribution is 0.127. The predicted octanol–water partition coefficient (Wildman–Crippen LogP) is 6.24. The summed E-state index contributed by atoms with van der Waals surface area (Å²) in [5, 5.41) is 9.04. The second kappa shape index (κ2) is 16.8. The molecular formula is C22H44N2O. The first-order chi connectivity index (χ1) is 12.4. The first-order valence-corrected chi connectivity index (χ1v) is 11.1. The van der Waals surface area contributed by atoms with Gasteiger partial charge in [0, 0.05) is 18.9 Å². The Morgan fingerprint density at radius 2 is 1.00 bits per heavy atom. The molecule has 25 heavy (non-hydrogen) atoms. The standard InChI is InChI=1S/C22H44N2O/c1-2-3-4-5-6-7-8-9-10-11-12-13-14-15-16-17-18-23-19-20-24(21-23)22-25/h19-20,25H,2-18,21-22H2,1H3. The fraction of sp³-hybridized carbons (Fsp3) is 0.909. The van der Waals surface area contributed by atoms with E-state index in [0.717, 1.165) is 13.2 Å². The van der Waals surface area contributed by atoms with E-state index in [0.29, 0.717) is 0 Å². The van der Waals surface area contributed by atoms with E-state index in [1.54, 1.807) is 0 Å². The molecule has 0 amide bonds. The van der Waals surface area contributed by atoms with Crippen LogP contribution in [-0.2, 0) is 0 Å². The quantitative estimate of drug-likeness (QED) is 0.296. The van der Waals surface area contributed by atoms with Crippen LogP contribution in [0.15, 0.2) is 12.4 Å². The van der Waals surface area contributed by atoms with Gasteiger partial charge in [-0.15, -0.1) is 0 Å². The van der Waals surface area contributed by atoms with Crippen LogP contribution >= 0.6 is 0 Å². The molecule has 1 N–H and O–H groups in total. The molecule has 1 aliphatic rings. The van der Waals surface area contributed by atoms with Crippen molar-refractivity contribution in [3.05, 3.63) is 12.4 Å². The van der Waals surface area contributed by atoms with E-state index in [2.05, 4.69) is 18.0 Å². The number of aliphatic hydroxyl groups excluding tert-OH is 1. The highest BCUT2D eigenvalue weighted by Gasteiger charge is 2.09. The summed E-state index contributed by atoms with van der Waals surface area (Å²) in [5.74, 6) is 0. The zero-order valence-corrected chi connectivity index (χ0v) is 16.9. The van der Waals surface area contributed by atoms with Crippen molar-refractivity contribution >= 4 is 0 Å². The lowest BCUT2D eigenvalue weighted by Crippen LogP contribution is -2.26. The number of hydrogen-bond acceptors (Lipinski definition) is 3. The second-order valence-corrected chi connectivity index (χ2v) is 7.79. The van der Waals surface area contributed by atoms with Gasteiger partial charge in [-0.3, -0.25) is 0 Å². The molecule has 0 aromatic heterocycles. The van der Waals surface area contributed by atoms with Gasteiger partial charge in [-0.2, -0.15) is 0 Å². The van der Waals surface area contributed by atoms with Crippen LogP contribution in [0.2, 0.25) is 0 Å². The number of rotatable bonds is 18. The molecule has 0 saturated carbocycles. The average molecular weight is 353 g/mol. The summed E-state index contributed by atoms with van der Waals surface area (Å²) >= 11 is 0. The second-order valence-electron chi connectivity index (χ2n) is 7.79. The monoisotopic (exact) mass is 352 g/mol. The van der Waals surface area contributed by atoms with Crippen LogP contribution in [0.4, 0.5) is 0 Å². The van der Waals surface area contributed by atoms with Crippen molar-refractivity contribution in [3.8, 4) is 0 Å². The first-order valence-electron chi connectivity index (χ1n) is 11.1. The van der Waals surface area contributed by atoms with Crippen LogP contribution in [0.1, 0.15) is 110 Å². The molecule has 1 rings (SSSR count). The van der Waals surface area contributed by atoms with Gasteiger partial charge >= 0.3 is 0 Å². The molecule has 0 aromatic rings. The molecule has 0 radical (unpaired) electrons. The zero-order valence-electron chi connectivity index (χ0n) is 16.9. The molecule has 148 valence electrons. The molecule has 1 aliphatic heterocycles. The maximum Gasteiger partial charge on any atom is 0.116 e. The summed E-state index contributed by atoms with van der Waals surface area (Å²) in [6, 6.07) is 0. The third kappa shape index (κ3) is 13.2. The Hall–Kier alpha value is -0.700. The van der Waals surface area contributed by atoms with E-state index in [1.165, 1.54) is 103 Å². The molecule has 0 saturated heterocycles. The van der Waals surface area contributed by atoms with E-state index >= 15 is 0 Å². The van der Waals surface area contributed by atoms with E-state index < -0.39 is 0 Å². The number of nitrogens with zero attached hydrogens (tertiary/aromatic N) is 2. The van der Waals surface area contributed by atoms with Gasteiger partial charge in [0.15, 0.2) is 0 Å². The minimum atomic E-state index is 0.131. The first kappa shape index (κ1) is 22.3. The molecule has 0 spiro atoms. The van der Waals surface area contributed by atoms with Gasteiger partial charge in [0.25, 0.3) is 0 Å². The van der Waals surface area contributed by atoms with Crippen LogP contribution in [-0.4, -0.2) is 34.9 Å². The Balaban J connectivity index is 1.69. The molecular weight excluding hydrogens is 308 g/mol. The third-order valence-corrected chi connectivity index (χ3v) is 5.33. The van der Waals surface area contributed by atoms with E-state index in [4.69, 9.17) is 5.11 Å². The summed E-state index contributed by atoms with van der Waals surface area (Å²) in [6.45, 7) is 4.41. The van der Waals surface area contributed by atoms with Crippen molar-refractivity contribution in [2.75, 3.05) is 19.9 Å². The minimum Gasteiger partial charge on any atom is -0.376 e. The summed E-state index contributed by atoms with van der Waals surface area (Å²) in [4.78, 5) is 4.21. The van der Waals surface area contributed by atoms with Gasteiger partial charge in [0.1, 0.15) is 6.73 Å². The van der Waals surface area contributed by atoms with Crippen molar-refractivity contribution in [3.63, 3.8) is 0 Å². The molecule has 0 aliphatic carbocycles. The van der Waals surface area contributed by atoms with Crippen molar-refractivity contribution in [1.82, 2.24) is 9.80 Å². The number of aliphatic hydroxyl groups is 1. The van der Waals surface area contributed by atoms with Gasteiger partial charge in [-0.25, -0.2) is 0 Å². The molecule has 0 bridgehead atoms. The number of unbranched alkanes of at least 4 members (excludes halogenated alkanes) is 15. The zero-order chi connectivity index (χ0) is 18.0. The normalized spacial score (nSPS) is 14.0. The summed E-state index contributed by atoms with van der Waals surface area (Å²) in [7, 11) is 0. The van der Waals surface area contributed by atoms with Crippen molar-refractivity contribution < 1.29 is 5.11 Å². The van der Waals surface area contributed by atoms with Crippen LogP contribution < -0.4 is 0 Å². The van der Waals surface area contributed by atoms with Crippen molar-refractivity contribution in [2.24, 2.45) is 0 Å². The number of hydrogen-bond donors (Lipinski definition) is 1. The summed E-state index contributed by atoms with van der Waals surface area (Å²) < 4.78 is 0. The van der Waals surface area contributed by atoms with Gasteiger partial charge in [-0.1, -0.05) is 103 Å². The Kier molecular flexibility index (Phi) is 15.0. The van der Waals surface area contributed by atoms with Gasteiger partial charge < -0.3 is 14.9 Å². The highest BCUT2D eigenvalue weighted by Crippen LogP contribution is 2.14. The lowest BCUT2D eigenvalue weighted by atomic mass is 10.0. The summed E-state index contributed by atoms with van der Waals surface area (Å²) in [5.41, 5.74) is 0. The Morgan fingerprint density at radius 3 is 1.40 bits per heavy atom. The highest BCUT2D eigenvalue weighted by molar-refractivity contribution is 4.88. The van der Waals surface area contributed by atoms with Crippen LogP contribution in [0.25, 0.3) is 0 Å². The smallest absolute Gasteiger partial charge is 0.116 e. The van der Waals surface area contributed by atoms with E-state index in [9.17, 15) is 0 Å². The van der Waals surface area contributed by atoms with Gasteiger partial charge in [0.2, 0.25) is 0 Å².